The summed E-state index contributed by atoms with van der Waals surface area (Å²) in [5.41, 5.74) is 1.08. The SMILES string of the molecule is CCNC(=NCc1cccnc1N(C)C)NCCOc1ccc(OC)cc1.I. The zero-order valence-electron chi connectivity index (χ0n) is 16.9. The largest absolute Gasteiger partial charge is 0.497 e. The first-order chi connectivity index (χ1) is 13.1. The Hall–Kier alpha value is -2.23. The average Bonchev–Trinajstić information content (AvgIpc) is 2.69. The minimum absolute atomic E-state index is 0. The summed E-state index contributed by atoms with van der Waals surface area (Å²) in [4.78, 5) is 11.1. The van der Waals surface area contributed by atoms with Gasteiger partial charge in [0, 0.05) is 32.4 Å². The van der Waals surface area contributed by atoms with E-state index in [4.69, 9.17) is 9.47 Å². The van der Waals surface area contributed by atoms with E-state index >= 15 is 0 Å². The van der Waals surface area contributed by atoms with Crippen LogP contribution in [0.15, 0.2) is 47.6 Å². The van der Waals surface area contributed by atoms with Crippen LogP contribution in [0.2, 0.25) is 0 Å². The molecule has 0 amide bonds. The number of pyridine rings is 1. The fraction of sp³-hybridized carbons (Fsp3) is 0.400. The number of aromatic nitrogens is 1. The molecule has 0 unspecified atom stereocenters. The van der Waals surface area contributed by atoms with Crippen LogP contribution in [0.5, 0.6) is 11.5 Å². The number of aliphatic imine (C=N–C) groups is 1. The summed E-state index contributed by atoms with van der Waals surface area (Å²) in [5.74, 6) is 3.31. The van der Waals surface area contributed by atoms with Crippen molar-refractivity contribution in [3.63, 3.8) is 0 Å². The smallest absolute Gasteiger partial charge is 0.191 e. The number of benzene rings is 1. The summed E-state index contributed by atoms with van der Waals surface area (Å²) in [6, 6.07) is 11.5. The second kappa shape index (κ2) is 13.0. The highest BCUT2D eigenvalue weighted by Crippen LogP contribution is 2.17. The van der Waals surface area contributed by atoms with Crippen molar-refractivity contribution in [1.29, 1.82) is 0 Å². The molecule has 2 rings (SSSR count). The van der Waals surface area contributed by atoms with Crippen molar-refractivity contribution >= 4 is 35.8 Å². The molecule has 0 aliphatic heterocycles. The maximum atomic E-state index is 5.73. The van der Waals surface area contributed by atoms with Gasteiger partial charge in [0.15, 0.2) is 5.96 Å². The van der Waals surface area contributed by atoms with Gasteiger partial charge < -0.3 is 25.0 Å². The van der Waals surface area contributed by atoms with Crippen molar-refractivity contribution in [2.45, 2.75) is 13.5 Å². The van der Waals surface area contributed by atoms with Crippen molar-refractivity contribution in [3.8, 4) is 11.5 Å². The number of methoxy groups -OCH3 is 1. The zero-order valence-corrected chi connectivity index (χ0v) is 19.3. The Labute approximate surface area is 184 Å². The first-order valence-electron chi connectivity index (χ1n) is 9.04. The van der Waals surface area contributed by atoms with Crippen LogP contribution in [-0.4, -0.2) is 51.8 Å². The monoisotopic (exact) mass is 499 g/mol. The summed E-state index contributed by atoms with van der Waals surface area (Å²) in [6.07, 6.45) is 1.79. The lowest BCUT2D eigenvalue weighted by molar-refractivity contribution is 0.321. The Bertz CT molecular complexity index is 723. The van der Waals surface area contributed by atoms with Crippen molar-refractivity contribution in [2.24, 2.45) is 4.99 Å². The molecular formula is C20H30IN5O2. The number of nitrogens with one attached hydrogen (secondary N) is 2. The average molecular weight is 499 g/mol. The van der Waals surface area contributed by atoms with Crippen LogP contribution >= 0.6 is 24.0 Å². The van der Waals surface area contributed by atoms with Gasteiger partial charge in [-0.25, -0.2) is 9.98 Å². The zero-order chi connectivity index (χ0) is 19.5. The minimum atomic E-state index is 0. The molecule has 0 saturated heterocycles. The third-order valence-corrected chi connectivity index (χ3v) is 3.77. The van der Waals surface area contributed by atoms with Gasteiger partial charge in [-0.05, 0) is 37.3 Å². The Morgan fingerprint density at radius 3 is 2.46 bits per heavy atom. The second-order valence-corrected chi connectivity index (χ2v) is 6.03. The van der Waals surface area contributed by atoms with E-state index in [1.807, 2.05) is 62.3 Å². The maximum absolute atomic E-state index is 5.73. The molecule has 0 fully saturated rings. The van der Waals surface area contributed by atoms with Crippen molar-refractivity contribution in [3.05, 3.63) is 48.2 Å². The summed E-state index contributed by atoms with van der Waals surface area (Å²) < 4.78 is 10.9. The molecule has 0 bridgehead atoms. The van der Waals surface area contributed by atoms with Gasteiger partial charge in [-0.1, -0.05) is 6.07 Å². The number of halogens is 1. The van der Waals surface area contributed by atoms with Crippen molar-refractivity contribution in [1.82, 2.24) is 15.6 Å². The van der Waals surface area contributed by atoms with Gasteiger partial charge in [0.1, 0.15) is 23.9 Å². The topological polar surface area (TPSA) is 71.0 Å². The Balaban J connectivity index is 0.00000392. The molecule has 0 atom stereocenters. The van der Waals surface area contributed by atoms with E-state index < -0.39 is 0 Å². The lowest BCUT2D eigenvalue weighted by Crippen LogP contribution is -2.39. The van der Waals surface area contributed by atoms with E-state index in [9.17, 15) is 0 Å². The van der Waals surface area contributed by atoms with Crippen molar-refractivity contribution < 1.29 is 9.47 Å². The third-order valence-electron chi connectivity index (χ3n) is 3.77. The molecule has 0 aliphatic rings. The van der Waals surface area contributed by atoms with Gasteiger partial charge in [0.25, 0.3) is 0 Å². The van der Waals surface area contributed by atoms with Gasteiger partial charge in [0.2, 0.25) is 0 Å². The van der Waals surface area contributed by atoms with Crippen molar-refractivity contribution in [2.75, 3.05) is 45.8 Å². The van der Waals surface area contributed by atoms with Gasteiger partial charge in [-0.3, -0.25) is 0 Å². The first kappa shape index (κ1) is 23.8. The van der Waals surface area contributed by atoms with Gasteiger partial charge >= 0.3 is 0 Å². The van der Waals surface area contributed by atoms with E-state index in [2.05, 4.69) is 20.6 Å². The fourth-order valence-electron chi connectivity index (χ4n) is 2.47. The van der Waals surface area contributed by atoms with Gasteiger partial charge in [-0.2, -0.15) is 0 Å². The van der Waals surface area contributed by atoms with Crippen LogP contribution in [0.3, 0.4) is 0 Å². The normalized spacial score (nSPS) is 10.6. The lowest BCUT2D eigenvalue weighted by Gasteiger charge is -2.16. The lowest BCUT2D eigenvalue weighted by atomic mass is 10.2. The molecule has 0 aliphatic carbocycles. The van der Waals surface area contributed by atoms with Crippen LogP contribution in [0.25, 0.3) is 0 Å². The molecule has 1 aromatic carbocycles. The standard InChI is InChI=1S/C20H29N5O2.HI/c1-5-21-20(24-15-16-7-6-12-22-19(16)25(2)3)23-13-14-27-18-10-8-17(26-4)9-11-18;/h6-12H,5,13-15H2,1-4H3,(H2,21,23,24);1H. The van der Waals surface area contributed by atoms with E-state index in [-0.39, 0.29) is 24.0 Å². The summed E-state index contributed by atoms with van der Waals surface area (Å²) in [7, 11) is 5.61. The van der Waals surface area contributed by atoms with Gasteiger partial charge in [0.05, 0.1) is 20.2 Å². The predicted molar refractivity (Wildman–Crippen MR) is 125 cm³/mol. The molecular weight excluding hydrogens is 469 g/mol. The number of rotatable bonds is 9. The molecule has 8 heteroatoms. The molecule has 154 valence electrons. The fourth-order valence-corrected chi connectivity index (χ4v) is 2.47. The minimum Gasteiger partial charge on any atom is -0.497 e. The summed E-state index contributed by atoms with van der Waals surface area (Å²) in [6.45, 7) is 4.56. The van der Waals surface area contributed by atoms with E-state index in [0.717, 1.165) is 35.4 Å². The number of nitrogens with zero attached hydrogens (tertiary/aromatic N) is 3. The number of hydrogen-bond donors (Lipinski definition) is 2. The molecule has 7 nitrogen and oxygen atoms in total. The molecule has 2 N–H and O–H groups in total. The Morgan fingerprint density at radius 2 is 1.82 bits per heavy atom. The Kier molecular flexibility index (Phi) is 11.1. The number of hydrogen-bond acceptors (Lipinski definition) is 5. The van der Waals surface area contributed by atoms with Crippen LogP contribution in [0.4, 0.5) is 5.82 Å². The molecule has 2 aromatic rings. The van der Waals surface area contributed by atoms with Crippen LogP contribution in [0, 0.1) is 0 Å². The quantitative estimate of drug-likeness (QED) is 0.239. The van der Waals surface area contributed by atoms with Gasteiger partial charge in [-0.15, -0.1) is 24.0 Å². The maximum Gasteiger partial charge on any atom is 0.191 e. The summed E-state index contributed by atoms with van der Waals surface area (Å²) >= 11 is 0. The predicted octanol–water partition coefficient (Wildman–Crippen LogP) is 2.91. The van der Waals surface area contributed by atoms with E-state index in [0.29, 0.717) is 19.7 Å². The highest BCUT2D eigenvalue weighted by molar-refractivity contribution is 14.0. The summed E-state index contributed by atoms with van der Waals surface area (Å²) in [5, 5.41) is 6.54. The second-order valence-electron chi connectivity index (χ2n) is 6.03. The molecule has 0 spiro atoms. The number of guanidine groups is 1. The molecule has 0 radical (unpaired) electrons. The number of ether oxygens (including phenoxy) is 2. The highest BCUT2D eigenvalue weighted by atomic mass is 127. The van der Waals surface area contributed by atoms with Crippen LogP contribution in [-0.2, 0) is 6.54 Å². The van der Waals surface area contributed by atoms with E-state index in [1.165, 1.54) is 0 Å². The third kappa shape index (κ3) is 7.79. The molecule has 0 saturated carbocycles. The first-order valence-corrected chi connectivity index (χ1v) is 9.04. The molecule has 1 aromatic heterocycles. The van der Waals surface area contributed by atoms with Crippen LogP contribution < -0.4 is 25.0 Å². The van der Waals surface area contributed by atoms with E-state index in [1.54, 1.807) is 13.3 Å². The molecule has 1 heterocycles. The van der Waals surface area contributed by atoms with Crippen LogP contribution in [0.1, 0.15) is 12.5 Å². The number of anilines is 1. The molecule has 28 heavy (non-hydrogen) atoms. The Morgan fingerprint density at radius 1 is 1.11 bits per heavy atom. The highest BCUT2D eigenvalue weighted by Gasteiger charge is 2.05.